The maximum absolute atomic E-state index is 13.4. The van der Waals surface area contributed by atoms with Crippen LogP contribution in [0.5, 0.6) is 0 Å². The van der Waals surface area contributed by atoms with Crippen LogP contribution in [-0.4, -0.2) is 38.4 Å². The Morgan fingerprint density at radius 1 is 1.32 bits per heavy atom. The van der Waals surface area contributed by atoms with Gasteiger partial charge in [0.05, 0.1) is 4.90 Å². The molecule has 0 aliphatic carbocycles. The Morgan fingerprint density at radius 2 is 1.95 bits per heavy atom. The van der Waals surface area contributed by atoms with E-state index in [1.807, 2.05) is 6.92 Å². The van der Waals surface area contributed by atoms with Crippen LogP contribution < -0.4 is 5.32 Å². The fraction of sp³-hybridized carbons (Fsp3) is 0.600. The van der Waals surface area contributed by atoms with Crippen molar-refractivity contribution in [2.45, 2.75) is 44.0 Å². The predicted octanol–water partition coefficient (Wildman–Crippen LogP) is 2.71. The summed E-state index contributed by atoms with van der Waals surface area (Å²) in [5, 5.41) is 3.25. The van der Waals surface area contributed by atoms with Gasteiger partial charge in [-0.3, -0.25) is 0 Å². The van der Waals surface area contributed by atoms with Crippen LogP contribution in [0.15, 0.2) is 23.1 Å². The van der Waals surface area contributed by atoms with E-state index in [-0.39, 0.29) is 29.2 Å². The molecule has 0 unspecified atom stereocenters. The first kappa shape index (κ1) is 19.4. The summed E-state index contributed by atoms with van der Waals surface area (Å²) in [6.07, 6.45) is 2.40. The minimum Gasteiger partial charge on any atom is -0.317 e. The van der Waals surface area contributed by atoms with Crippen molar-refractivity contribution in [3.63, 3.8) is 0 Å². The Bertz CT molecular complexity index is 589. The monoisotopic (exact) mass is 350 g/mol. The number of hydrogen-bond acceptors (Lipinski definition) is 3. The molecule has 0 spiro atoms. The van der Waals surface area contributed by atoms with Crippen LogP contribution in [-0.2, 0) is 10.0 Å². The maximum atomic E-state index is 13.4. The van der Waals surface area contributed by atoms with Crippen molar-refractivity contribution in [3.05, 3.63) is 29.6 Å². The summed E-state index contributed by atoms with van der Waals surface area (Å²) in [6.45, 7) is 5.73. The molecule has 0 aromatic heterocycles. The Morgan fingerprint density at radius 3 is 2.50 bits per heavy atom. The van der Waals surface area contributed by atoms with Crippen LogP contribution in [0.3, 0.4) is 0 Å². The van der Waals surface area contributed by atoms with Gasteiger partial charge in [0.2, 0.25) is 10.0 Å². The molecule has 4 nitrogen and oxygen atoms in total. The van der Waals surface area contributed by atoms with E-state index >= 15 is 0 Å². The van der Waals surface area contributed by atoms with E-state index in [0.29, 0.717) is 12.1 Å². The number of halogens is 2. The summed E-state index contributed by atoms with van der Waals surface area (Å²) < 4.78 is 40.7. The zero-order valence-electron chi connectivity index (χ0n) is 13.0. The highest BCUT2D eigenvalue weighted by Gasteiger charge is 2.31. The number of rotatable bonds is 5. The summed E-state index contributed by atoms with van der Waals surface area (Å²) in [7, 11) is -3.56. The molecule has 22 heavy (non-hydrogen) atoms. The van der Waals surface area contributed by atoms with Gasteiger partial charge < -0.3 is 5.32 Å². The Labute approximate surface area is 138 Å². The molecule has 126 valence electrons. The molecule has 0 amide bonds. The molecular weight excluding hydrogens is 327 g/mol. The van der Waals surface area contributed by atoms with Gasteiger partial charge in [0, 0.05) is 12.6 Å². The number of hydrogen-bond donors (Lipinski definition) is 1. The van der Waals surface area contributed by atoms with Crippen molar-refractivity contribution >= 4 is 22.4 Å². The lowest BCUT2D eigenvalue weighted by Crippen LogP contribution is -2.46. The minimum absolute atomic E-state index is 0. The lowest BCUT2D eigenvalue weighted by Gasteiger charge is -2.33. The molecule has 1 heterocycles. The van der Waals surface area contributed by atoms with Gasteiger partial charge in [-0.2, -0.15) is 4.31 Å². The number of sulfonamides is 1. The second kappa shape index (κ2) is 8.24. The van der Waals surface area contributed by atoms with E-state index in [2.05, 4.69) is 5.32 Å². The molecular formula is C15H24ClFN2O2S. The van der Waals surface area contributed by atoms with Gasteiger partial charge in [-0.15, -0.1) is 12.4 Å². The lowest BCUT2D eigenvalue weighted by molar-refractivity contribution is 0.262. The molecule has 1 aliphatic rings. The van der Waals surface area contributed by atoms with Crippen LogP contribution >= 0.6 is 12.4 Å². The third kappa shape index (κ3) is 4.19. The molecule has 2 rings (SSSR count). The smallest absolute Gasteiger partial charge is 0.243 e. The second-order valence-electron chi connectivity index (χ2n) is 5.51. The van der Waals surface area contributed by atoms with Crippen LogP contribution in [0, 0.1) is 12.7 Å². The third-order valence-electron chi connectivity index (χ3n) is 3.90. The highest BCUT2D eigenvalue weighted by Crippen LogP contribution is 2.24. The Balaban J connectivity index is 0.00000242. The molecule has 1 fully saturated rings. The molecule has 1 saturated heterocycles. The van der Waals surface area contributed by atoms with Crippen molar-refractivity contribution in [1.82, 2.24) is 9.62 Å². The van der Waals surface area contributed by atoms with E-state index in [1.54, 1.807) is 11.2 Å². The van der Waals surface area contributed by atoms with Crippen LogP contribution in [0.4, 0.5) is 4.39 Å². The summed E-state index contributed by atoms with van der Waals surface area (Å²) in [6, 6.07) is 4.05. The largest absolute Gasteiger partial charge is 0.317 e. The van der Waals surface area contributed by atoms with E-state index in [1.165, 1.54) is 18.2 Å². The van der Waals surface area contributed by atoms with E-state index in [4.69, 9.17) is 0 Å². The summed E-state index contributed by atoms with van der Waals surface area (Å²) >= 11 is 0. The van der Waals surface area contributed by atoms with Gasteiger partial charge in [0.15, 0.2) is 0 Å². The molecule has 1 aliphatic heterocycles. The van der Waals surface area contributed by atoms with Gasteiger partial charge in [0.1, 0.15) is 5.82 Å². The van der Waals surface area contributed by atoms with E-state index < -0.39 is 10.0 Å². The minimum atomic E-state index is -3.56. The second-order valence-corrected chi connectivity index (χ2v) is 7.40. The third-order valence-corrected chi connectivity index (χ3v) is 5.84. The van der Waals surface area contributed by atoms with Gasteiger partial charge in [0.25, 0.3) is 0 Å². The molecule has 1 aromatic rings. The number of nitrogens with one attached hydrogen (secondary N) is 1. The first-order chi connectivity index (χ1) is 9.96. The Hall–Kier alpha value is -0.690. The van der Waals surface area contributed by atoms with Gasteiger partial charge >= 0.3 is 0 Å². The summed E-state index contributed by atoms with van der Waals surface area (Å²) in [5.74, 6) is -0.377. The maximum Gasteiger partial charge on any atom is 0.243 e. The lowest BCUT2D eigenvalue weighted by atomic mass is 10.1. The number of piperidine rings is 1. The topological polar surface area (TPSA) is 49.4 Å². The molecule has 0 saturated carbocycles. The normalized spacial score (nSPS) is 16.5. The SMILES string of the molecule is CCCN(C1CCNCC1)S(=O)(=O)c1ccc(F)c(C)c1.Cl. The Kier molecular flexibility index (Phi) is 7.25. The number of benzene rings is 1. The summed E-state index contributed by atoms with van der Waals surface area (Å²) in [5.41, 5.74) is 0.359. The van der Waals surface area contributed by atoms with Gasteiger partial charge in [-0.05, 0) is 63.0 Å². The van der Waals surface area contributed by atoms with Crippen molar-refractivity contribution in [2.24, 2.45) is 0 Å². The predicted molar refractivity (Wildman–Crippen MR) is 88.5 cm³/mol. The van der Waals surface area contributed by atoms with E-state index in [9.17, 15) is 12.8 Å². The number of aryl methyl sites for hydroxylation is 1. The highest BCUT2D eigenvalue weighted by atomic mass is 35.5. The van der Waals surface area contributed by atoms with Gasteiger partial charge in [-0.1, -0.05) is 6.92 Å². The zero-order chi connectivity index (χ0) is 15.5. The molecule has 7 heteroatoms. The average Bonchev–Trinajstić information content (AvgIpc) is 2.48. The van der Waals surface area contributed by atoms with E-state index in [0.717, 1.165) is 32.4 Å². The fourth-order valence-electron chi connectivity index (χ4n) is 2.73. The van der Waals surface area contributed by atoms with Crippen LogP contribution in [0.2, 0.25) is 0 Å². The molecule has 1 N–H and O–H groups in total. The first-order valence-corrected chi connectivity index (χ1v) is 8.89. The standard InChI is InChI=1S/C15H23FN2O2S.ClH/c1-3-10-18(13-6-8-17-9-7-13)21(19,20)14-4-5-15(16)12(2)11-14;/h4-5,11,13,17H,3,6-10H2,1-2H3;1H. The highest BCUT2D eigenvalue weighted by molar-refractivity contribution is 7.89. The van der Waals surface area contributed by atoms with Crippen molar-refractivity contribution in [2.75, 3.05) is 19.6 Å². The average molecular weight is 351 g/mol. The van der Waals surface area contributed by atoms with Crippen molar-refractivity contribution < 1.29 is 12.8 Å². The number of nitrogens with zero attached hydrogens (tertiary/aromatic N) is 1. The van der Waals surface area contributed by atoms with Gasteiger partial charge in [-0.25, -0.2) is 12.8 Å². The molecule has 0 radical (unpaired) electrons. The molecule has 0 atom stereocenters. The molecule has 0 bridgehead atoms. The van der Waals surface area contributed by atoms with Crippen molar-refractivity contribution in [3.8, 4) is 0 Å². The summed E-state index contributed by atoms with van der Waals surface area (Å²) in [4.78, 5) is 0.188. The fourth-order valence-corrected chi connectivity index (χ4v) is 4.59. The van der Waals surface area contributed by atoms with Crippen molar-refractivity contribution in [1.29, 1.82) is 0 Å². The van der Waals surface area contributed by atoms with Crippen LogP contribution in [0.25, 0.3) is 0 Å². The quantitative estimate of drug-likeness (QED) is 0.888. The molecule has 1 aromatic carbocycles. The zero-order valence-corrected chi connectivity index (χ0v) is 14.6. The first-order valence-electron chi connectivity index (χ1n) is 7.45. The van der Waals surface area contributed by atoms with Crippen LogP contribution in [0.1, 0.15) is 31.7 Å².